The van der Waals surface area contributed by atoms with Gasteiger partial charge >= 0.3 is 0 Å². The van der Waals surface area contributed by atoms with Crippen LogP contribution >= 0.6 is 0 Å². The Balaban J connectivity index is 1.41. The van der Waals surface area contributed by atoms with Crippen LogP contribution in [0.5, 0.6) is 0 Å². The summed E-state index contributed by atoms with van der Waals surface area (Å²) < 4.78 is 6.38. The standard InChI is InChI=1S/C16H30N2O/c1-13-11-14(6-10-18(13)2)17-12-15-5-9-16(19-15)7-3-4-8-16/h13-15,17H,3-12H2,1-2H3. The largest absolute Gasteiger partial charge is 0.370 e. The fourth-order valence-electron chi connectivity index (χ4n) is 4.20. The van der Waals surface area contributed by atoms with Gasteiger partial charge in [0.05, 0.1) is 11.7 Å². The molecule has 0 aromatic carbocycles. The lowest BCUT2D eigenvalue weighted by Gasteiger charge is -2.36. The highest BCUT2D eigenvalue weighted by Gasteiger charge is 2.42. The zero-order valence-corrected chi connectivity index (χ0v) is 12.7. The minimum absolute atomic E-state index is 0.298. The zero-order valence-electron chi connectivity index (χ0n) is 12.7. The molecule has 1 spiro atoms. The van der Waals surface area contributed by atoms with Gasteiger partial charge in [-0.2, -0.15) is 0 Å². The van der Waals surface area contributed by atoms with Gasteiger partial charge in [-0.05, 0) is 59.0 Å². The van der Waals surface area contributed by atoms with E-state index in [1.54, 1.807) is 0 Å². The van der Waals surface area contributed by atoms with E-state index in [2.05, 4.69) is 24.2 Å². The van der Waals surface area contributed by atoms with E-state index in [0.29, 0.717) is 17.7 Å². The number of rotatable bonds is 3. The molecule has 1 N–H and O–H groups in total. The maximum Gasteiger partial charge on any atom is 0.0708 e. The normalized spacial score (nSPS) is 39.2. The van der Waals surface area contributed by atoms with Crippen molar-refractivity contribution >= 4 is 0 Å². The van der Waals surface area contributed by atoms with Gasteiger partial charge in [0.15, 0.2) is 0 Å². The van der Waals surface area contributed by atoms with Crippen molar-refractivity contribution in [2.45, 2.75) is 82.1 Å². The van der Waals surface area contributed by atoms with Crippen LogP contribution in [0.2, 0.25) is 0 Å². The molecule has 0 radical (unpaired) electrons. The predicted molar refractivity (Wildman–Crippen MR) is 78.4 cm³/mol. The van der Waals surface area contributed by atoms with Gasteiger partial charge in [-0.3, -0.25) is 0 Å². The van der Waals surface area contributed by atoms with E-state index in [0.717, 1.165) is 12.6 Å². The molecular formula is C16H30N2O. The fourth-order valence-corrected chi connectivity index (χ4v) is 4.20. The monoisotopic (exact) mass is 266 g/mol. The molecule has 3 nitrogen and oxygen atoms in total. The van der Waals surface area contributed by atoms with Crippen LogP contribution in [0.4, 0.5) is 0 Å². The van der Waals surface area contributed by atoms with Gasteiger partial charge in [-0.25, -0.2) is 0 Å². The molecule has 110 valence electrons. The van der Waals surface area contributed by atoms with Crippen molar-refractivity contribution in [3.05, 3.63) is 0 Å². The van der Waals surface area contributed by atoms with E-state index >= 15 is 0 Å². The highest BCUT2D eigenvalue weighted by molar-refractivity contribution is 4.93. The van der Waals surface area contributed by atoms with Crippen LogP contribution in [0.25, 0.3) is 0 Å². The minimum atomic E-state index is 0.298. The van der Waals surface area contributed by atoms with Gasteiger partial charge in [0.1, 0.15) is 0 Å². The average molecular weight is 266 g/mol. The summed E-state index contributed by atoms with van der Waals surface area (Å²) in [5.74, 6) is 0. The topological polar surface area (TPSA) is 24.5 Å². The lowest BCUT2D eigenvalue weighted by Crippen LogP contribution is -2.47. The van der Waals surface area contributed by atoms with Crippen molar-refractivity contribution in [2.24, 2.45) is 0 Å². The Morgan fingerprint density at radius 1 is 1.21 bits per heavy atom. The van der Waals surface area contributed by atoms with Crippen molar-refractivity contribution < 1.29 is 4.74 Å². The zero-order chi connectivity index (χ0) is 13.3. The molecule has 2 heterocycles. The van der Waals surface area contributed by atoms with Crippen LogP contribution in [0, 0.1) is 0 Å². The molecule has 3 atom stereocenters. The Hall–Kier alpha value is -0.120. The second-order valence-electron chi connectivity index (χ2n) is 7.13. The van der Waals surface area contributed by atoms with Gasteiger partial charge < -0.3 is 15.0 Å². The van der Waals surface area contributed by atoms with Crippen LogP contribution < -0.4 is 5.32 Å². The van der Waals surface area contributed by atoms with Crippen molar-refractivity contribution in [3.8, 4) is 0 Å². The third kappa shape index (κ3) is 3.14. The maximum absolute atomic E-state index is 6.38. The Morgan fingerprint density at radius 2 is 2.00 bits per heavy atom. The number of nitrogens with zero attached hydrogens (tertiary/aromatic N) is 1. The predicted octanol–water partition coefficient (Wildman–Crippen LogP) is 2.55. The smallest absolute Gasteiger partial charge is 0.0708 e. The van der Waals surface area contributed by atoms with E-state index in [1.165, 1.54) is 57.9 Å². The third-order valence-electron chi connectivity index (χ3n) is 5.70. The van der Waals surface area contributed by atoms with Crippen molar-refractivity contribution in [3.63, 3.8) is 0 Å². The Labute approximate surface area is 118 Å². The second kappa shape index (κ2) is 5.71. The fraction of sp³-hybridized carbons (Fsp3) is 1.00. The average Bonchev–Trinajstić information content (AvgIpc) is 3.02. The van der Waals surface area contributed by atoms with Crippen molar-refractivity contribution in [1.29, 1.82) is 0 Å². The molecule has 3 heteroatoms. The van der Waals surface area contributed by atoms with E-state index in [-0.39, 0.29) is 0 Å². The van der Waals surface area contributed by atoms with E-state index < -0.39 is 0 Å². The molecule has 3 aliphatic rings. The summed E-state index contributed by atoms with van der Waals surface area (Å²) in [4.78, 5) is 2.47. The molecular weight excluding hydrogens is 236 g/mol. The lowest BCUT2D eigenvalue weighted by molar-refractivity contribution is -0.0366. The Bertz CT molecular complexity index is 301. The molecule has 19 heavy (non-hydrogen) atoms. The molecule has 3 rings (SSSR count). The van der Waals surface area contributed by atoms with Crippen LogP contribution in [0.3, 0.4) is 0 Å². The van der Waals surface area contributed by atoms with Gasteiger partial charge in [-0.1, -0.05) is 12.8 Å². The summed E-state index contributed by atoms with van der Waals surface area (Å²) in [6, 6.07) is 1.42. The molecule has 0 aromatic rings. The molecule has 3 unspecified atom stereocenters. The second-order valence-corrected chi connectivity index (χ2v) is 7.13. The molecule has 2 aliphatic heterocycles. The van der Waals surface area contributed by atoms with Crippen molar-refractivity contribution in [2.75, 3.05) is 20.1 Å². The Morgan fingerprint density at radius 3 is 2.74 bits per heavy atom. The van der Waals surface area contributed by atoms with E-state index in [9.17, 15) is 0 Å². The summed E-state index contributed by atoms with van der Waals surface area (Å²) in [6.45, 7) is 4.64. The van der Waals surface area contributed by atoms with Crippen LogP contribution in [0.1, 0.15) is 58.3 Å². The van der Waals surface area contributed by atoms with Crippen LogP contribution in [0.15, 0.2) is 0 Å². The number of hydrogen-bond donors (Lipinski definition) is 1. The summed E-state index contributed by atoms with van der Waals surface area (Å²) in [5.41, 5.74) is 0.298. The number of piperidine rings is 1. The highest BCUT2D eigenvalue weighted by atomic mass is 16.5. The quantitative estimate of drug-likeness (QED) is 0.849. The molecule has 1 aliphatic carbocycles. The summed E-state index contributed by atoms with van der Waals surface area (Å²) >= 11 is 0. The summed E-state index contributed by atoms with van der Waals surface area (Å²) in [7, 11) is 2.24. The van der Waals surface area contributed by atoms with E-state index in [1.807, 2.05) is 0 Å². The molecule has 1 saturated carbocycles. The van der Waals surface area contributed by atoms with E-state index in [4.69, 9.17) is 4.74 Å². The maximum atomic E-state index is 6.38. The molecule has 0 bridgehead atoms. The van der Waals surface area contributed by atoms with Gasteiger partial charge in [0.2, 0.25) is 0 Å². The third-order valence-corrected chi connectivity index (χ3v) is 5.70. The molecule has 3 fully saturated rings. The first-order chi connectivity index (χ1) is 9.17. The molecule has 0 aromatic heterocycles. The van der Waals surface area contributed by atoms with Gasteiger partial charge in [0.25, 0.3) is 0 Å². The first-order valence-corrected chi connectivity index (χ1v) is 8.28. The number of ether oxygens (including phenoxy) is 1. The number of likely N-dealkylation sites (tertiary alicyclic amines) is 1. The highest BCUT2D eigenvalue weighted by Crippen LogP contribution is 2.43. The van der Waals surface area contributed by atoms with Gasteiger partial charge in [0, 0.05) is 18.6 Å². The van der Waals surface area contributed by atoms with Gasteiger partial charge in [-0.15, -0.1) is 0 Å². The SMILES string of the molecule is CC1CC(NCC2CCC3(CCCC3)O2)CCN1C. The van der Waals surface area contributed by atoms with Crippen LogP contribution in [-0.4, -0.2) is 48.8 Å². The minimum Gasteiger partial charge on any atom is -0.370 e. The number of nitrogens with one attached hydrogen (secondary N) is 1. The lowest BCUT2D eigenvalue weighted by atomic mass is 9.97. The molecule has 2 saturated heterocycles. The Kier molecular flexibility index (Phi) is 4.16. The van der Waals surface area contributed by atoms with Crippen molar-refractivity contribution in [1.82, 2.24) is 10.2 Å². The molecule has 0 amide bonds. The number of hydrogen-bond acceptors (Lipinski definition) is 3. The first-order valence-electron chi connectivity index (χ1n) is 8.28. The summed E-state index contributed by atoms with van der Waals surface area (Å²) in [5, 5.41) is 3.77. The summed E-state index contributed by atoms with van der Waals surface area (Å²) in [6.07, 6.45) is 11.0. The van der Waals surface area contributed by atoms with Crippen LogP contribution in [-0.2, 0) is 4.74 Å². The first kappa shape index (κ1) is 13.8.